The second kappa shape index (κ2) is 8.20. The first-order chi connectivity index (χ1) is 9.06. The van der Waals surface area contributed by atoms with Gasteiger partial charge in [0.2, 0.25) is 0 Å². The van der Waals surface area contributed by atoms with Gasteiger partial charge in [0.1, 0.15) is 5.75 Å². The minimum Gasteiger partial charge on any atom is -0.508 e. The van der Waals surface area contributed by atoms with E-state index in [0.29, 0.717) is 4.90 Å². The third kappa shape index (κ3) is 6.10. The number of phenols is 1. The van der Waals surface area contributed by atoms with Gasteiger partial charge < -0.3 is 5.11 Å². The molecule has 0 amide bonds. The van der Waals surface area contributed by atoms with Crippen molar-refractivity contribution in [1.29, 1.82) is 0 Å². The molecule has 19 heavy (non-hydrogen) atoms. The summed E-state index contributed by atoms with van der Waals surface area (Å²) in [6.07, 6.45) is 7.76. The topological polar surface area (TPSA) is 54.4 Å². The van der Waals surface area contributed by atoms with Gasteiger partial charge in [-0.1, -0.05) is 45.4 Å². The number of aromatic hydroxyl groups is 1. The summed E-state index contributed by atoms with van der Waals surface area (Å²) in [7, 11) is -3.19. The summed E-state index contributed by atoms with van der Waals surface area (Å²) in [4.78, 5) is 0.302. The first kappa shape index (κ1) is 16.0. The van der Waals surface area contributed by atoms with Crippen molar-refractivity contribution in [2.24, 2.45) is 0 Å². The molecular formula is C15H24O3S. The molecule has 4 heteroatoms. The molecule has 0 spiro atoms. The van der Waals surface area contributed by atoms with Crippen molar-refractivity contribution in [3.8, 4) is 5.75 Å². The zero-order valence-electron chi connectivity index (χ0n) is 11.6. The molecule has 0 bridgehead atoms. The van der Waals surface area contributed by atoms with Gasteiger partial charge in [-0.15, -0.1) is 0 Å². The molecule has 3 nitrogen and oxygen atoms in total. The molecule has 1 aromatic carbocycles. The first-order valence-electron chi connectivity index (χ1n) is 7.08. The Balaban J connectivity index is 2.29. The standard InChI is InChI=1S/C15H24O3S/c1-2-3-4-5-6-7-8-13-19(17,18)15-11-9-14(16)10-12-15/h9-12,16H,2-8,13H2,1H3. The molecule has 0 saturated heterocycles. The maximum Gasteiger partial charge on any atom is 0.178 e. The van der Waals surface area contributed by atoms with Gasteiger partial charge in [-0.05, 0) is 30.7 Å². The fourth-order valence-electron chi connectivity index (χ4n) is 2.02. The van der Waals surface area contributed by atoms with E-state index in [0.717, 1.165) is 19.3 Å². The second-order valence-electron chi connectivity index (χ2n) is 4.93. The van der Waals surface area contributed by atoms with Crippen molar-refractivity contribution in [2.75, 3.05) is 5.75 Å². The van der Waals surface area contributed by atoms with Gasteiger partial charge in [-0.25, -0.2) is 8.42 Å². The number of sulfone groups is 1. The van der Waals surface area contributed by atoms with Crippen LogP contribution in [0.15, 0.2) is 29.2 Å². The summed E-state index contributed by atoms with van der Waals surface area (Å²) in [5.74, 6) is 0.292. The van der Waals surface area contributed by atoms with E-state index < -0.39 is 9.84 Å². The smallest absolute Gasteiger partial charge is 0.178 e. The monoisotopic (exact) mass is 284 g/mol. The van der Waals surface area contributed by atoms with Crippen molar-refractivity contribution in [1.82, 2.24) is 0 Å². The number of benzene rings is 1. The van der Waals surface area contributed by atoms with Crippen LogP contribution in [-0.2, 0) is 9.84 Å². The Kier molecular flexibility index (Phi) is 6.92. The molecule has 1 aromatic rings. The van der Waals surface area contributed by atoms with Crippen LogP contribution in [0.2, 0.25) is 0 Å². The second-order valence-corrected chi connectivity index (χ2v) is 7.04. The van der Waals surface area contributed by atoms with Gasteiger partial charge in [0.05, 0.1) is 10.6 Å². The van der Waals surface area contributed by atoms with Gasteiger partial charge in [-0.3, -0.25) is 0 Å². The van der Waals surface area contributed by atoms with E-state index in [-0.39, 0.29) is 11.5 Å². The molecule has 1 N–H and O–H groups in total. The maximum atomic E-state index is 12.0. The van der Waals surface area contributed by atoms with Crippen LogP contribution in [0, 0.1) is 0 Å². The summed E-state index contributed by atoms with van der Waals surface area (Å²) in [6, 6.07) is 5.76. The Morgan fingerprint density at radius 1 is 0.895 bits per heavy atom. The van der Waals surface area contributed by atoms with Gasteiger partial charge >= 0.3 is 0 Å². The van der Waals surface area contributed by atoms with Crippen molar-refractivity contribution in [3.63, 3.8) is 0 Å². The predicted octanol–water partition coefficient (Wildman–Crippen LogP) is 3.92. The zero-order chi connectivity index (χ0) is 14.1. The highest BCUT2D eigenvalue weighted by Gasteiger charge is 2.13. The van der Waals surface area contributed by atoms with Crippen LogP contribution in [-0.4, -0.2) is 19.3 Å². The van der Waals surface area contributed by atoms with E-state index >= 15 is 0 Å². The lowest BCUT2D eigenvalue weighted by molar-refractivity contribution is 0.475. The highest BCUT2D eigenvalue weighted by molar-refractivity contribution is 7.91. The lowest BCUT2D eigenvalue weighted by Crippen LogP contribution is -2.06. The third-order valence-corrected chi connectivity index (χ3v) is 5.03. The lowest BCUT2D eigenvalue weighted by Gasteiger charge is -2.05. The Labute approximate surface area is 116 Å². The van der Waals surface area contributed by atoms with Crippen LogP contribution < -0.4 is 0 Å². The van der Waals surface area contributed by atoms with Crippen LogP contribution in [0.1, 0.15) is 51.9 Å². The molecule has 0 aromatic heterocycles. The first-order valence-corrected chi connectivity index (χ1v) is 8.73. The van der Waals surface area contributed by atoms with Gasteiger partial charge in [0, 0.05) is 0 Å². The summed E-state index contributed by atoms with van der Waals surface area (Å²) >= 11 is 0. The Morgan fingerprint density at radius 2 is 1.42 bits per heavy atom. The summed E-state index contributed by atoms with van der Waals surface area (Å²) in [5, 5.41) is 9.14. The Morgan fingerprint density at radius 3 is 2.00 bits per heavy atom. The lowest BCUT2D eigenvalue weighted by atomic mass is 10.1. The maximum absolute atomic E-state index is 12.0. The minimum absolute atomic E-state index is 0.0925. The van der Waals surface area contributed by atoms with Crippen LogP contribution in [0.4, 0.5) is 0 Å². The average Bonchev–Trinajstić information content (AvgIpc) is 2.38. The van der Waals surface area contributed by atoms with E-state index in [1.807, 2.05) is 0 Å². The quantitative estimate of drug-likeness (QED) is 0.699. The Bertz CT molecular complexity index is 449. The molecule has 0 atom stereocenters. The minimum atomic E-state index is -3.19. The van der Waals surface area contributed by atoms with Gasteiger partial charge in [0.15, 0.2) is 9.84 Å². The fraction of sp³-hybridized carbons (Fsp3) is 0.600. The molecule has 108 valence electrons. The Hall–Kier alpha value is -1.03. The average molecular weight is 284 g/mol. The molecule has 0 radical (unpaired) electrons. The number of rotatable bonds is 9. The molecule has 0 aliphatic rings. The van der Waals surface area contributed by atoms with Gasteiger partial charge in [0.25, 0.3) is 0 Å². The fourth-order valence-corrected chi connectivity index (χ4v) is 3.39. The third-order valence-electron chi connectivity index (χ3n) is 3.21. The number of unbranched alkanes of at least 4 members (excludes halogenated alkanes) is 6. The van der Waals surface area contributed by atoms with E-state index in [4.69, 9.17) is 5.11 Å². The van der Waals surface area contributed by atoms with Crippen LogP contribution in [0.3, 0.4) is 0 Å². The largest absolute Gasteiger partial charge is 0.508 e. The molecule has 0 fully saturated rings. The van der Waals surface area contributed by atoms with E-state index in [9.17, 15) is 8.42 Å². The summed E-state index contributed by atoms with van der Waals surface area (Å²) in [6.45, 7) is 2.18. The normalized spacial score (nSPS) is 11.6. The van der Waals surface area contributed by atoms with Crippen LogP contribution in [0.5, 0.6) is 5.75 Å². The zero-order valence-corrected chi connectivity index (χ0v) is 12.5. The molecule has 0 unspecified atom stereocenters. The van der Waals surface area contributed by atoms with Crippen LogP contribution >= 0.6 is 0 Å². The number of hydrogen-bond donors (Lipinski definition) is 1. The van der Waals surface area contributed by atoms with E-state index in [1.165, 1.54) is 49.9 Å². The highest BCUT2D eigenvalue weighted by atomic mass is 32.2. The molecular weight excluding hydrogens is 260 g/mol. The highest BCUT2D eigenvalue weighted by Crippen LogP contribution is 2.17. The number of phenolic OH excluding ortho intramolecular Hbond substituents is 1. The molecule has 0 aliphatic carbocycles. The van der Waals surface area contributed by atoms with E-state index in [1.54, 1.807) is 0 Å². The summed E-state index contributed by atoms with van der Waals surface area (Å²) in [5.41, 5.74) is 0. The van der Waals surface area contributed by atoms with Crippen molar-refractivity contribution in [2.45, 2.75) is 56.8 Å². The van der Waals surface area contributed by atoms with Crippen molar-refractivity contribution < 1.29 is 13.5 Å². The van der Waals surface area contributed by atoms with Crippen LogP contribution in [0.25, 0.3) is 0 Å². The molecule has 0 saturated carbocycles. The molecule has 0 heterocycles. The number of hydrogen-bond acceptors (Lipinski definition) is 3. The SMILES string of the molecule is CCCCCCCCCS(=O)(=O)c1ccc(O)cc1. The van der Waals surface area contributed by atoms with Crippen molar-refractivity contribution in [3.05, 3.63) is 24.3 Å². The molecule has 1 rings (SSSR count). The predicted molar refractivity (Wildman–Crippen MR) is 78.2 cm³/mol. The van der Waals surface area contributed by atoms with E-state index in [2.05, 4.69) is 6.92 Å². The van der Waals surface area contributed by atoms with Gasteiger partial charge in [-0.2, -0.15) is 0 Å². The molecule has 0 aliphatic heterocycles. The van der Waals surface area contributed by atoms with Crippen molar-refractivity contribution >= 4 is 9.84 Å². The summed E-state index contributed by atoms with van der Waals surface area (Å²) < 4.78 is 24.0.